The van der Waals surface area contributed by atoms with E-state index in [4.69, 9.17) is 23.7 Å². The summed E-state index contributed by atoms with van der Waals surface area (Å²) in [4.78, 5) is 12.5. The smallest absolute Gasteiger partial charge is 0.261 e. The van der Waals surface area contributed by atoms with Gasteiger partial charge in [0.1, 0.15) is 17.4 Å². The van der Waals surface area contributed by atoms with Gasteiger partial charge in [0.15, 0.2) is 23.0 Å². The van der Waals surface area contributed by atoms with Gasteiger partial charge in [-0.25, -0.2) is 0 Å². The third-order valence-electron chi connectivity index (χ3n) is 4.55. The third-order valence-corrected chi connectivity index (χ3v) is 4.55. The molecule has 2 aromatic carbocycles. The van der Waals surface area contributed by atoms with Crippen LogP contribution in [0, 0.1) is 11.3 Å². The van der Waals surface area contributed by atoms with E-state index in [9.17, 15) is 10.1 Å². The largest absolute Gasteiger partial charge is 0.496 e. The first-order chi connectivity index (χ1) is 15.0. The summed E-state index contributed by atoms with van der Waals surface area (Å²) in [6, 6.07) is 10.8. The molecule has 1 amide bonds. The highest BCUT2D eigenvalue weighted by molar-refractivity contribution is 6.02. The molecule has 0 fully saturated rings. The Labute approximate surface area is 181 Å². The van der Waals surface area contributed by atoms with Crippen LogP contribution in [0.5, 0.6) is 28.7 Å². The first kappa shape index (κ1) is 23.4. The van der Waals surface area contributed by atoms with Crippen LogP contribution in [0.15, 0.2) is 35.9 Å². The van der Waals surface area contributed by atoms with Gasteiger partial charge >= 0.3 is 0 Å². The number of carbonyl (C=O) groups is 1. The molecule has 0 atom stereocenters. The Morgan fingerprint density at radius 3 is 2.03 bits per heavy atom. The zero-order valence-electron chi connectivity index (χ0n) is 18.3. The van der Waals surface area contributed by atoms with Crippen molar-refractivity contribution in [2.24, 2.45) is 0 Å². The van der Waals surface area contributed by atoms with Crippen LogP contribution in [0.4, 0.5) is 0 Å². The highest BCUT2D eigenvalue weighted by Gasteiger charge is 2.14. The van der Waals surface area contributed by atoms with Crippen molar-refractivity contribution in [2.45, 2.75) is 6.42 Å². The van der Waals surface area contributed by atoms with E-state index in [-0.39, 0.29) is 5.57 Å². The number of amides is 1. The molecule has 1 N–H and O–H groups in total. The maximum absolute atomic E-state index is 12.5. The summed E-state index contributed by atoms with van der Waals surface area (Å²) in [5.74, 6) is 2.15. The van der Waals surface area contributed by atoms with Crippen molar-refractivity contribution in [3.8, 4) is 34.8 Å². The van der Waals surface area contributed by atoms with Crippen LogP contribution in [0.1, 0.15) is 11.1 Å². The molecule has 0 aliphatic rings. The van der Waals surface area contributed by atoms with Crippen LogP contribution in [-0.2, 0) is 11.2 Å². The summed E-state index contributed by atoms with van der Waals surface area (Å²) in [7, 11) is 7.65. The van der Waals surface area contributed by atoms with Gasteiger partial charge in [0.2, 0.25) is 0 Å². The molecule has 0 saturated carbocycles. The summed E-state index contributed by atoms with van der Waals surface area (Å²) in [6.45, 7) is 0.344. The molecule has 0 heterocycles. The van der Waals surface area contributed by atoms with Gasteiger partial charge in [-0.1, -0.05) is 6.07 Å². The van der Waals surface area contributed by atoms with E-state index >= 15 is 0 Å². The Hall–Kier alpha value is -3.86. The van der Waals surface area contributed by atoms with Crippen molar-refractivity contribution < 1.29 is 28.5 Å². The van der Waals surface area contributed by atoms with Gasteiger partial charge in [-0.2, -0.15) is 5.26 Å². The summed E-state index contributed by atoms with van der Waals surface area (Å²) in [5, 5.41) is 12.2. The second-order valence-electron chi connectivity index (χ2n) is 6.31. The molecule has 0 aromatic heterocycles. The van der Waals surface area contributed by atoms with E-state index < -0.39 is 5.91 Å². The second kappa shape index (κ2) is 11.4. The van der Waals surface area contributed by atoms with Gasteiger partial charge in [0, 0.05) is 18.2 Å². The Kier molecular flexibility index (Phi) is 8.58. The minimum Gasteiger partial charge on any atom is -0.496 e. The van der Waals surface area contributed by atoms with Gasteiger partial charge in [-0.3, -0.25) is 4.79 Å². The van der Waals surface area contributed by atoms with Gasteiger partial charge < -0.3 is 29.0 Å². The highest BCUT2D eigenvalue weighted by atomic mass is 16.5. The summed E-state index contributed by atoms with van der Waals surface area (Å²) in [6.07, 6.45) is 2.01. The molecule has 2 rings (SSSR count). The van der Waals surface area contributed by atoms with Crippen LogP contribution >= 0.6 is 0 Å². The number of carbonyl (C=O) groups excluding carboxylic acids is 1. The molecule has 0 unspecified atom stereocenters. The maximum Gasteiger partial charge on any atom is 0.261 e. The van der Waals surface area contributed by atoms with Crippen molar-refractivity contribution in [1.29, 1.82) is 5.26 Å². The van der Waals surface area contributed by atoms with Gasteiger partial charge in [0.05, 0.1) is 35.5 Å². The fourth-order valence-electron chi connectivity index (χ4n) is 2.92. The molecule has 164 valence electrons. The lowest BCUT2D eigenvalue weighted by atomic mass is 10.1. The second-order valence-corrected chi connectivity index (χ2v) is 6.31. The van der Waals surface area contributed by atoms with Gasteiger partial charge in [-0.05, 0) is 36.3 Å². The number of hydrogen-bond acceptors (Lipinski definition) is 7. The van der Waals surface area contributed by atoms with E-state index in [1.807, 2.05) is 18.2 Å². The highest BCUT2D eigenvalue weighted by Crippen LogP contribution is 2.35. The van der Waals surface area contributed by atoms with Crippen LogP contribution in [-0.4, -0.2) is 48.0 Å². The number of hydrogen-bond donors (Lipinski definition) is 1. The minimum absolute atomic E-state index is 0.0576. The Balaban J connectivity index is 2.14. The zero-order chi connectivity index (χ0) is 22.8. The number of nitrogens with zero attached hydrogens (tertiary/aromatic N) is 1. The zero-order valence-corrected chi connectivity index (χ0v) is 18.3. The molecule has 0 spiro atoms. The molecule has 0 aliphatic carbocycles. The van der Waals surface area contributed by atoms with Crippen molar-refractivity contribution in [3.05, 3.63) is 47.0 Å². The van der Waals surface area contributed by atoms with Crippen molar-refractivity contribution in [3.63, 3.8) is 0 Å². The van der Waals surface area contributed by atoms with E-state index in [2.05, 4.69) is 5.32 Å². The lowest BCUT2D eigenvalue weighted by Gasteiger charge is -2.12. The van der Waals surface area contributed by atoms with Crippen molar-refractivity contribution in [2.75, 3.05) is 42.1 Å². The number of nitrogens with one attached hydrogen (secondary N) is 1. The molecule has 2 aromatic rings. The SMILES string of the molecule is COc1cc(OC)c(OC)cc1/C=C(\C#N)C(=O)NCCc1ccc(OC)c(OC)c1. The van der Waals surface area contributed by atoms with Crippen LogP contribution in [0.3, 0.4) is 0 Å². The fraction of sp³-hybridized carbons (Fsp3) is 0.304. The fourth-order valence-corrected chi connectivity index (χ4v) is 2.92. The maximum atomic E-state index is 12.5. The third kappa shape index (κ3) is 5.82. The Morgan fingerprint density at radius 2 is 1.45 bits per heavy atom. The number of benzene rings is 2. The van der Waals surface area contributed by atoms with Crippen molar-refractivity contribution in [1.82, 2.24) is 5.32 Å². The molecule has 0 bridgehead atoms. The predicted molar refractivity (Wildman–Crippen MR) is 116 cm³/mol. The first-order valence-corrected chi connectivity index (χ1v) is 9.42. The van der Waals surface area contributed by atoms with E-state index in [1.165, 1.54) is 27.4 Å². The molecular formula is C23H26N2O6. The monoisotopic (exact) mass is 426 g/mol. The van der Waals surface area contributed by atoms with E-state index in [0.29, 0.717) is 47.3 Å². The van der Waals surface area contributed by atoms with Crippen molar-refractivity contribution >= 4 is 12.0 Å². The van der Waals surface area contributed by atoms with Crippen LogP contribution in [0.25, 0.3) is 6.08 Å². The number of rotatable bonds is 10. The number of nitriles is 1. The molecule has 0 saturated heterocycles. The Bertz CT molecular complexity index is 994. The lowest BCUT2D eigenvalue weighted by Crippen LogP contribution is -2.26. The molecule has 0 radical (unpaired) electrons. The van der Waals surface area contributed by atoms with Crippen LogP contribution < -0.4 is 29.0 Å². The summed E-state index contributed by atoms with van der Waals surface area (Å²) < 4.78 is 26.4. The average molecular weight is 426 g/mol. The predicted octanol–water partition coefficient (Wildman–Crippen LogP) is 3.00. The molecular weight excluding hydrogens is 400 g/mol. The number of ether oxygens (including phenoxy) is 5. The summed E-state index contributed by atoms with van der Waals surface area (Å²) >= 11 is 0. The van der Waals surface area contributed by atoms with Crippen LogP contribution in [0.2, 0.25) is 0 Å². The average Bonchev–Trinajstić information content (AvgIpc) is 2.81. The summed E-state index contributed by atoms with van der Waals surface area (Å²) in [5.41, 5.74) is 1.42. The Morgan fingerprint density at radius 1 is 0.871 bits per heavy atom. The van der Waals surface area contributed by atoms with E-state index in [0.717, 1.165) is 5.56 Å². The van der Waals surface area contributed by atoms with Gasteiger partial charge in [-0.15, -0.1) is 0 Å². The molecule has 31 heavy (non-hydrogen) atoms. The number of methoxy groups -OCH3 is 5. The standard InChI is InChI=1S/C23H26N2O6/c1-27-18-7-6-15(10-20(18)29-3)8-9-25-23(26)17(14-24)11-16-12-21(30-4)22(31-5)13-19(16)28-2/h6-7,10-13H,8-9H2,1-5H3,(H,25,26)/b17-11+. The first-order valence-electron chi connectivity index (χ1n) is 9.42. The molecule has 0 aliphatic heterocycles. The minimum atomic E-state index is -0.486. The molecule has 8 nitrogen and oxygen atoms in total. The topological polar surface area (TPSA) is 99.0 Å². The van der Waals surface area contributed by atoms with E-state index in [1.54, 1.807) is 32.4 Å². The quantitative estimate of drug-likeness (QED) is 0.461. The normalized spacial score (nSPS) is 10.6. The van der Waals surface area contributed by atoms with Gasteiger partial charge in [0.25, 0.3) is 5.91 Å². The molecule has 8 heteroatoms. The lowest BCUT2D eigenvalue weighted by molar-refractivity contribution is -0.117.